The number of ether oxygens (including phenoxy) is 1. The summed E-state index contributed by atoms with van der Waals surface area (Å²) in [6, 6.07) is 44.7. The van der Waals surface area contributed by atoms with Gasteiger partial charge in [-0.3, -0.25) is 0 Å². The second kappa shape index (κ2) is 17.2. The molecule has 17 rings (SSSR count). The summed E-state index contributed by atoms with van der Waals surface area (Å²) >= 11 is 1.97. The quantitative estimate of drug-likeness (QED) is 0.126. The fraction of sp³-hybridized carbons (Fsp3) is 0.278. The molecule has 1 fully saturated rings. The Labute approximate surface area is 450 Å². The Kier molecular flexibility index (Phi) is 9.96. The normalized spacial score (nSPS) is 27.4. The third kappa shape index (κ3) is 6.58. The van der Waals surface area contributed by atoms with Crippen molar-refractivity contribution < 1.29 is 4.74 Å². The molecule has 7 aromatic carbocycles. The van der Waals surface area contributed by atoms with Crippen molar-refractivity contribution in [3.05, 3.63) is 210 Å². The van der Waals surface area contributed by atoms with Crippen LogP contribution in [0.3, 0.4) is 0 Å². The highest BCUT2D eigenvalue weighted by Crippen LogP contribution is 2.56. The molecule has 9 atom stereocenters. The average molecular weight is 1000 g/mol. The summed E-state index contributed by atoms with van der Waals surface area (Å²) in [6.45, 7) is 0. The van der Waals surface area contributed by atoms with Crippen LogP contribution >= 0.6 is 11.3 Å². The zero-order chi connectivity index (χ0) is 49.6. The van der Waals surface area contributed by atoms with Crippen LogP contribution in [0.5, 0.6) is 5.75 Å². The summed E-state index contributed by atoms with van der Waals surface area (Å²) in [6.07, 6.45) is 45.0. The second-order valence-electron chi connectivity index (χ2n) is 23.6. The van der Waals surface area contributed by atoms with E-state index in [0.717, 1.165) is 37.9 Å². The number of thiophene rings is 1. The van der Waals surface area contributed by atoms with E-state index in [1.807, 2.05) is 11.3 Å². The maximum Gasteiger partial charge on any atom is 0.126 e. The Bertz CT molecular complexity index is 4010. The molecule has 3 nitrogen and oxygen atoms in total. The fourth-order valence-corrected chi connectivity index (χ4v) is 17.6. The van der Waals surface area contributed by atoms with Gasteiger partial charge in [0.05, 0.1) is 18.1 Å². The van der Waals surface area contributed by atoms with Gasteiger partial charge in [0.25, 0.3) is 0 Å². The zero-order valence-corrected chi connectivity index (χ0v) is 43.9. The number of aryl methyl sites for hydroxylation is 1. The highest BCUT2D eigenvalue weighted by Gasteiger charge is 2.49. The molecule has 76 heavy (non-hydrogen) atoms. The zero-order valence-electron chi connectivity index (χ0n) is 43.1. The van der Waals surface area contributed by atoms with Gasteiger partial charge in [0.2, 0.25) is 0 Å². The van der Waals surface area contributed by atoms with Crippen molar-refractivity contribution in [2.45, 2.75) is 113 Å². The van der Waals surface area contributed by atoms with E-state index >= 15 is 0 Å². The van der Waals surface area contributed by atoms with Crippen molar-refractivity contribution in [1.82, 2.24) is 0 Å². The Morgan fingerprint density at radius 1 is 0.539 bits per heavy atom. The summed E-state index contributed by atoms with van der Waals surface area (Å²) in [4.78, 5) is 5.58. The van der Waals surface area contributed by atoms with Gasteiger partial charge in [-0.1, -0.05) is 152 Å². The van der Waals surface area contributed by atoms with Crippen molar-refractivity contribution in [3.63, 3.8) is 0 Å². The van der Waals surface area contributed by atoms with Gasteiger partial charge in [0.1, 0.15) is 11.9 Å². The van der Waals surface area contributed by atoms with Crippen LogP contribution < -0.4 is 14.5 Å². The summed E-state index contributed by atoms with van der Waals surface area (Å²) in [5.74, 6) is 2.97. The fourth-order valence-electron chi connectivity index (χ4n) is 16.3. The van der Waals surface area contributed by atoms with E-state index < -0.39 is 0 Å². The molecule has 372 valence electrons. The van der Waals surface area contributed by atoms with Crippen molar-refractivity contribution >= 4 is 76.1 Å². The molecular weight excluding hydrogens is 941 g/mol. The topological polar surface area (TPSA) is 15.7 Å². The first kappa shape index (κ1) is 44.0. The number of anilines is 2. The minimum absolute atomic E-state index is 0.173. The molecule has 0 bridgehead atoms. The van der Waals surface area contributed by atoms with E-state index in [0.29, 0.717) is 41.8 Å². The highest BCUT2D eigenvalue weighted by atomic mass is 32.1. The number of hydrogen-bond donors (Lipinski definition) is 0. The van der Waals surface area contributed by atoms with E-state index in [1.54, 1.807) is 5.56 Å². The largest absolute Gasteiger partial charge is 0.489 e. The first-order valence-electron chi connectivity index (χ1n) is 28.9. The van der Waals surface area contributed by atoms with Crippen LogP contribution in [0.1, 0.15) is 104 Å². The average Bonchev–Trinajstić information content (AvgIpc) is 4.24. The van der Waals surface area contributed by atoms with Gasteiger partial charge in [0, 0.05) is 79.0 Å². The van der Waals surface area contributed by atoms with Gasteiger partial charge in [0.15, 0.2) is 0 Å². The van der Waals surface area contributed by atoms with Crippen molar-refractivity contribution in [3.8, 4) is 28.0 Å². The maximum absolute atomic E-state index is 7.13. The van der Waals surface area contributed by atoms with Crippen LogP contribution in [0.25, 0.3) is 75.6 Å². The molecule has 1 aromatic heterocycles. The van der Waals surface area contributed by atoms with Crippen LogP contribution in [0, 0.1) is 11.8 Å². The Balaban J connectivity index is 0.755. The lowest BCUT2D eigenvalue weighted by atomic mass is 9.77. The third-order valence-electron chi connectivity index (χ3n) is 19.7. The number of nitrogens with zero attached hydrogens (tertiary/aromatic N) is 2. The highest BCUT2D eigenvalue weighted by molar-refractivity contribution is 7.26. The Morgan fingerprint density at radius 3 is 2.32 bits per heavy atom. The number of allylic oxidation sites excluding steroid dienone is 7. The van der Waals surface area contributed by atoms with Gasteiger partial charge < -0.3 is 14.5 Å². The van der Waals surface area contributed by atoms with E-state index in [2.05, 4.69) is 198 Å². The summed E-state index contributed by atoms with van der Waals surface area (Å²) in [5.41, 5.74) is 16.7. The van der Waals surface area contributed by atoms with Crippen molar-refractivity contribution in [2.24, 2.45) is 11.8 Å². The standard InChI is InChI=1S/C72H62N2OS/c1-2-15-47(16-3-1)73-64-26-11-8-21-54(64)61-38-44(31-35-66(61)73)45-32-36-67-62(39-45)55-22-9-12-27-65(55)74(67)48-41-63(71-59-23-10-13-28-68(59)75-69(71)42-48)58-25-14-24-57-56-34-30-46(40-70(56)76-72(57)58)43-29-33-53-51-19-5-4-17-49(51)50-18-6-7-20-52(50)60(53)37-43/h2,4,6-7,10-15,17-18,20,24-27,29-42,47,54-55,59,62,64-65,67-68H,1,3,5,8-9,16,19,21-23,28H2. The van der Waals surface area contributed by atoms with Gasteiger partial charge in [-0.25, -0.2) is 0 Å². The second-order valence-corrected chi connectivity index (χ2v) is 24.6. The minimum Gasteiger partial charge on any atom is -0.489 e. The molecule has 3 aliphatic heterocycles. The predicted molar refractivity (Wildman–Crippen MR) is 321 cm³/mol. The third-order valence-corrected chi connectivity index (χ3v) is 20.9. The lowest BCUT2D eigenvalue weighted by molar-refractivity contribution is 0.204. The lowest BCUT2D eigenvalue weighted by Gasteiger charge is -2.36. The van der Waals surface area contributed by atoms with E-state index in [4.69, 9.17) is 4.74 Å². The molecular formula is C72H62N2OS. The summed E-state index contributed by atoms with van der Waals surface area (Å²) < 4.78 is 9.84. The minimum atomic E-state index is 0.173. The lowest BCUT2D eigenvalue weighted by Crippen LogP contribution is -2.41. The molecule has 9 aliphatic rings. The van der Waals surface area contributed by atoms with Gasteiger partial charge in [-0.2, -0.15) is 0 Å². The molecule has 4 heteroatoms. The molecule has 0 saturated carbocycles. The molecule has 8 aromatic rings. The van der Waals surface area contributed by atoms with Crippen LogP contribution in [-0.2, 0) is 6.42 Å². The molecule has 9 unspecified atom stereocenters. The number of benzene rings is 7. The maximum atomic E-state index is 7.13. The van der Waals surface area contributed by atoms with Crippen LogP contribution in [0.15, 0.2) is 182 Å². The first-order chi connectivity index (χ1) is 37.7. The van der Waals surface area contributed by atoms with Gasteiger partial charge in [-0.05, 0) is 167 Å². The smallest absolute Gasteiger partial charge is 0.126 e. The molecule has 1 saturated heterocycles. The van der Waals surface area contributed by atoms with Crippen LogP contribution in [-0.4, -0.2) is 30.3 Å². The number of rotatable bonds is 5. The molecule has 0 spiro atoms. The Hall–Kier alpha value is -7.14. The van der Waals surface area contributed by atoms with Crippen molar-refractivity contribution in [1.29, 1.82) is 0 Å². The number of fused-ring (bicyclic) bond motifs is 18. The molecule has 0 radical (unpaired) electrons. The molecule has 0 amide bonds. The van der Waals surface area contributed by atoms with E-state index in [9.17, 15) is 0 Å². The monoisotopic (exact) mass is 1000 g/mol. The number of hydrogen-bond acceptors (Lipinski definition) is 4. The van der Waals surface area contributed by atoms with Gasteiger partial charge in [-0.15, -0.1) is 11.3 Å². The SMILES string of the molecule is C1=CC(N2c3ccc(C4=CC5C6CCC=CC6N(c6cc7c(c(-c8cccc9c8sc8cc(-c%10ccc%11c%12c(c%13ccccc%13c%11c%10)C=CCC%12)ccc89)c6)C6CC=CCC6O7)C5C=C4)cc3C3CCC=CC32)CCC1. The van der Waals surface area contributed by atoms with E-state index in [1.165, 1.54) is 142 Å². The first-order valence-corrected chi connectivity index (χ1v) is 29.7. The molecule has 6 aliphatic carbocycles. The van der Waals surface area contributed by atoms with Crippen LogP contribution in [0.4, 0.5) is 11.4 Å². The summed E-state index contributed by atoms with van der Waals surface area (Å²) in [7, 11) is 0. The van der Waals surface area contributed by atoms with Crippen LogP contribution in [0.2, 0.25) is 0 Å². The Morgan fingerprint density at radius 2 is 1.38 bits per heavy atom. The van der Waals surface area contributed by atoms with Gasteiger partial charge >= 0.3 is 0 Å². The predicted octanol–water partition coefficient (Wildman–Crippen LogP) is 18.4. The van der Waals surface area contributed by atoms with E-state index in [-0.39, 0.29) is 12.1 Å². The van der Waals surface area contributed by atoms with Crippen molar-refractivity contribution in [2.75, 3.05) is 9.80 Å². The molecule has 0 N–H and O–H groups in total. The summed E-state index contributed by atoms with van der Waals surface area (Å²) in [5, 5.41) is 8.15. The molecule has 4 heterocycles.